The molecule has 1 aliphatic rings. The quantitative estimate of drug-likeness (QED) is 0.663. The van der Waals surface area contributed by atoms with Crippen molar-refractivity contribution in [1.82, 2.24) is 0 Å². The molecule has 0 saturated carbocycles. The number of carbonyl (C=O) groups excluding carboxylic acids is 1. The van der Waals surface area contributed by atoms with Crippen LogP contribution in [0.2, 0.25) is 0 Å². The summed E-state index contributed by atoms with van der Waals surface area (Å²) in [5, 5.41) is -0.0772. The van der Waals surface area contributed by atoms with Gasteiger partial charge in [0.2, 0.25) is 0 Å². The van der Waals surface area contributed by atoms with Crippen LogP contribution in [0, 0.1) is 5.82 Å². The van der Waals surface area contributed by atoms with E-state index >= 15 is 0 Å². The second-order valence-corrected chi connectivity index (χ2v) is 8.32. The van der Waals surface area contributed by atoms with Gasteiger partial charge < -0.3 is 9.31 Å². The summed E-state index contributed by atoms with van der Waals surface area (Å²) in [6.07, 6.45) is -1.25. The molecule has 3 nitrogen and oxygen atoms in total. The van der Waals surface area contributed by atoms with Gasteiger partial charge >= 0.3 is 7.12 Å². The zero-order chi connectivity index (χ0) is 19.7. The molecule has 1 aromatic rings. The first-order valence-electron chi connectivity index (χ1n) is 8.20. The highest BCUT2D eigenvalue weighted by molar-refractivity contribution is 8.13. The molecule has 0 atom stereocenters. The number of benzene rings is 1. The lowest BCUT2D eigenvalue weighted by atomic mass is 9.78. The van der Waals surface area contributed by atoms with Gasteiger partial charge in [-0.2, -0.15) is 0 Å². The highest BCUT2D eigenvalue weighted by Gasteiger charge is 2.52. The molecule has 0 amide bonds. The molecule has 142 valence electrons. The molecule has 0 aliphatic carbocycles. The summed E-state index contributed by atoms with van der Waals surface area (Å²) in [6, 6.07) is 3.52. The predicted molar refractivity (Wildman–Crippen MR) is 98.6 cm³/mol. The third kappa shape index (κ3) is 4.72. The molecule has 0 aromatic heterocycles. The highest BCUT2D eigenvalue weighted by atomic mass is 32.2. The van der Waals surface area contributed by atoms with E-state index in [1.807, 2.05) is 27.7 Å². The molecule has 26 heavy (non-hydrogen) atoms. The van der Waals surface area contributed by atoms with Gasteiger partial charge in [0, 0.05) is 12.7 Å². The van der Waals surface area contributed by atoms with Gasteiger partial charge in [-0.25, -0.2) is 13.2 Å². The lowest BCUT2D eigenvalue weighted by molar-refractivity contribution is -0.109. The molecule has 0 unspecified atom stereocenters. The van der Waals surface area contributed by atoms with E-state index in [9.17, 15) is 18.0 Å². The Balaban J connectivity index is 2.35. The number of hydrogen-bond acceptors (Lipinski definition) is 4. The van der Waals surface area contributed by atoms with Crippen LogP contribution in [-0.4, -0.2) is 29.2 Å². The molecule has 1 fully saturated rings. The van der Waals surface area contributed by atoms with Crippen molar-refractivity contribution in [2.45, 2.75) is 52.2 Å². The minimum absolute atomic E-state index is 0.0772. The molecule has 2 rings (SSSR count). The maximum Gasteiger partial charge on any atom is 0.491 e. The molecular formula is C18H22BF3O3S. The number of thioether (sulfide) groups is 1. The Hall–Kier alpha value is -1.25. The van der Waals surface area contributed by atoms with Crippen LogP contribution >= 0.6 is 11.8 Å². The van der Waals surface area contributed by atoms with E-state index in [1.54, 1.807) is 6.08 Å². The van der Waals surface area contributed by atoms with Gasteiger partial charge in [-0.05, 0) is 50.9 Å². The number of halogens is 3. The molecule has 0 bridgehead atoms. The Morgan fingerprint density at radius 2 is 1.81 bits per heavy atom. The van der Waals surface area contributed by atoms with Crippen molar-refractivity contribution in [3.63, 3.8) is 0 Å². The second-order valence-electron chi connectivity index (χ2n) is 7.17. The lowest BCUT2D eigenvalue weighted by Gasteiger charge is -2.32. The van der Waals surface area contributed by atoms with Crippen LogP contribution in [0.5, 0.6) is 0 Å². The average molecular weight is 386 g/mol. The minimum atomic E-state index is -2.87. The van der Waals surface area contributed by atoms with Gasteiger partial charge in [0.1, 0.15) is 5.82 Å². The SMILES string of the molecule is CC(=O)SCC(=Cc1ccc(C(F)F)c(F)c1)B1OC(C)(C)C(C)(C)O1. The highest BCUT2D eigenvalue weighted by Crippen LogP contribution is 2.39. The van der Waals surface area contributed by atoms with Crippen LogP contribution in [0.25, 0.3) is 6.08 Å². The van der Waals surface area contributed by atoms with Gasteiger partial charge in [0.25, 0.3) is 6.43 Å². The number of alkyl halides is 2. The molecule has 0 N–H and O–H groups in total. The predicted octanol–water partition coefficient (Wildman–Crippen LogP) is 5.06. The van der Waals surface area contributed by atoms with Crippen molar-refractivity contribution in [1.29, 1.82) is 0 Å². The molecule has 1 aliphatic heterocycles. The molecule has 0 radical (unpaired) electrons. The van der Waals surface area contributed by atoms with Crippen LogP contribution in [0.4, 0.5) is 13.2 Å². The van der Waals surface area contributed by atoms with Gasteiger partial charge in [-0.15, -0.1) is 0 Å². The third-order valence-corrected chi connectivity index (χ3v) is 5.49. The standard InChI is InChI=1S/C18H22BF3O3S/c1-11(23)26-10-13(19-24-17(2,3)18(4,5)25-19)8-12-6-7-14(16(21)22)15(20)9-12/h6-9,16H,10H2,1-5H3. The van der Waals surface area contributed by atoms with Crippen molar-refractivity contribution in [2.75, 3.05) is 5.75 Å². The first-order chi connectivity index (χ1) is 11.9. The van der Waals surface area contributed by atoms with Crippen LogP contribution in [0.3, 0.4) is 0 Å². The fourth-order valence-corrected chi connectivity index (χ4v) is 2.97. The first-order valence-corrected chi connectivity index (χ1v) is 9.18. The Morgan fingerprint density at radius 1 is 1.23 bits per heavy atom. The summed E-state index contributed by atoms with van der Waals surface area (Å²) in [6.45, 7) is 9.06. The van der Waals surface area contributed by atoms with Gasteiger partial charge in [0.05, 0.1) is 16.8 Å². The van der Waals surface area contributed by atoms with Crippen LogP contribution in [0.15, 0.2) is 23.7 Å². The van der Waals surface area contributed by atoms with E-state index in [2.05, 4.69) is 0 Å². The summed E-state index contributed by atoms with van der Waals surface area (Å²) in [7, 11) is -0.704. The fraction of sp³-hybridized carbons (Fsp3) is 0.500. The van der Waals surface area contributed by atoms with Crippen molar-refractivity contribution in [2.24, 2.45) is 0 Å². The third-order valence-electron chi connectivity index (χ3n) is 4.61. The van der Waals surface area contributed by atoms with Crippen molar-refractivity contribution < 1.29 is 27.3 Å². The molecule has 1 saturated heterocycles. The monoisotopic (exact) mass is 386 g/mol. The van der Waals surface area contributed by atoms with Crippen LogP contribution in [-0.2, 0) is 14.1 Å². The maximum atomic E-state index is 13.9. The summed E-state index contributed by atoms with van der Waals surface area (Å²) in [5.41, 5.74) is -0.739. The second kappa shape index (κ2) is 7.78. The summed E-state index contributed by atoms with van der Waals surface area (Å²) in [5.74, 6) is -0.675. The number of hydrogen-bond donors (Lipinski definition) is 0. The number of rotatable bonds is 5. The Morgan fingerprint density at radius 3 is 2.27 bits per heavy atom. The van der Waals surface area contributed by atoms with Gasteiger partial charge in [-0.1, -0.05) is 23.9 Å². The van der Waals surface area contributed by atoms with Crippen molar-refractivity contribution in [3.8, 4) is 0 Å². The van der Waals surface area contributed by atoms with Crippen molar-refractivity contribution >= 4 is 30.1 Å². The minimum Gasteiger partial charge on any atom is -0.400 e. The molecule has 1 heterocycles. The Kier molecular flexibility index (Phi) is 6.30. The summed E-state index contributed by atoms with van der Waals surface area (Å²) < 4.78 is 51.3. The van der Waals surface area contributed by atoms with Crippen LogP contribution < -0.4 is 0 Å². The normalized spacial score (nSPS) is 19.3. The molecular weight excluding hydrogens is 364 g/mol. The molecule has 1 aromatic carbocycles. The van der Waals surface area contributed by atoms with Crippen LogP contribution in [0.1, 0.15) is 52.2 Å². The molecule has 0 spiro atoms. The van der Waals surface area contributed by atoms with E-state index in [1.165, 1.54) is 13.0 Å². The largest absolute Gasteiger partial charge is 0.491 e. The average Bonchev–Trinajstić information content (AvgIpc) is 2.71. The van der Waals surface area contributed by atoms with E-state index in [0.717, 1.165) is 23.9 Å². The number of carbonyl (C=O) groups is 1. The summed E-state index contributed by atoms with van der Waals surface area (Å²) in [4.78, 5) is 11.4. The first kappa shape index (κ1) is 21.1. The van der Waals surface area contributed by atoms with E-state index < -0.39 is 36.1 Å². The molecule has 8 heteroatoms. The van der Waals surface area contributed by atoms with Crippen molar-refractivity contribution in [3.05, 3.63) is 40.6 Å². The summed E-state index contributed by atoms with van der Waals surface area (Å²) >= 11 is 1.08. The Bertz CT molecular complexity index is 704. The zero-order valence-electron chi connectivity index (χ0n) is 15.4. The van der Waals surface area contributed by atoms with E-state index in [0.29, 0.717) is 16.8 Å². The van der Waals surface area contributed by atoms with E-state index in [-0.39, 0.29) is 5.12 Å². The zero-order valence-corrected chi connectivity index (χ0v) is 16.3. The van der Waals surface area contributed by atoms with E-state index in [4.69, 9.17) is 9.31 Å². The Labute approximate surface area is 156 Å². The smallest absolute Gasteiger partial charge is 0.400 e. The van der Waals surface area contributed by atoms with Gasteiger partial charge in [-0.3, -0.25) is 4.79 Å². The fourth-order valence-electron chi connectivity index (χ4n) is 2.38. The van der Waals surface area contributed by atoms with Gasteiger partial charge in [0.15, 0.2) is 5.12 Å². The topological polar surface area (TPSA) is 35.5 Å². The lowest BCUT2D eigenvalue weighted by Crippen LogP contribution is -2.41. The maximum absolute atomic E-state index is 13.9.